The van der Waals surface area contributed by atoms with Gasteiger partial charge in [0.25, 0.3) is 0 Å². The van der Waals surface area contributed by atoms with Crippen LogP contribution in [0.15, 0.2) is 27.8 Å². The Morgan fingerprint density at radius 3 is 2.46 bits per heavy atom. The highest BCUT2D eigenvalue weighted by Crippen LogP contribution is 2.20. The Balaban J connectivity index is 0.00000392. The van der Waals surface area contributed by atoms with Gasteiger partial charge < -0.3 is 15.1 Å². The molecule has 0 aliphatic heterocycles. The van der Waals surface area contributed by atoms with Crippen LogP contribution in [0.25, 0.3) is 0 Å². The predicted molar refractivity (Wildman–Crippen MR) is 125 cm³/mol. The summed E-state index contributed by atoms with van der Waals surface area (Å²) < 4.78 is 7.59. The number of hydrogen-bond acceptors (Lipinski definition) is 4. The lowest BCUT2D eigenvalue weighted by Crippen LogP contribution is -2.43. The molecule has 0 fully saturated rings. The predicted octanol–water partition coefficient (Wildman–Crippen LogP) is 3.39. The number of halogens is 1. The van der Waals surface area contributed by atoms with Gasteiger partial charge in [0.2, 0.25) is 0 Å². The standard InChI is InChI=1S/C20H34N6O.HI/c1-7-21-20(22-13-17-15(4)24-25(6)16(17)5)23-14-18(26(8-2)9-3)19-11-10-12-27-19;/h10-12,18H,7-9,13-14H2,1-6H3,(H2,21,22,23);1H. The van der Waals surface area contributed by atoms with Gasteiger partial charge in [-0.1, -0.05) is 13.8 Å². The van der Waals surface area contributed by atoms with E-state index in [1.165, 1.54) is 5.56 Å². The van der Waals surface area contributed by atoms with E-state index in [1.54, 1.807) is 6.26 Å². The zero-order chi connectivity index (χ0) is 19.8. The first-order chi connectivity index (χ1) is 13.0. The number of nitrogens with zero attached hydrogens (tertiary/aromatic N) is 4. The normalized spacial score (nSPS) is 12.8. The molecule has 8 heteroatoms. The molecule has 28 heavy (non-hydrogen) atoms. The molecule has 7 nitrogen and oxygen atoms in total. The van der Waals surface area contributed by atoms with E-state index in [-0.39, 0.29) is 30.0 Å². The van der Waals surface area contributed by atoms with Gasteiger partial charge in [0, 0.05) is 31.4 Å². The van der Waals surface area contributed by atoms with Crippen LogP contribution >= 0.6 is 24.0 Å². The summed E-state index contributed by atoms with van der Waals surface area (Å²) >= 11 is 0. The summed E-state index contributed by atoms with van der Waals surface area (Å²) in [6.45, 7) is 14.6. The molecule has 158 valence electrons. The third-order valence-electron chi connectivity index (χ3n) is 4.99. The molecule has 0 aliphatic rings. The Kier molecular flexibility index (Phi) is 10.6. The van der Waals surface area contributed by atoms with Crippen LogP contribution in [0.5, 0.6) is 0 Å². The maximum absolute atomic E-state index is 5.68. The van der Waals surface area contributed by atoms with Gasteiger partial charge in [0.15, 0.2) is 5.96 Å². The molecule has 2 rings (SSSR count). The monoisotopic (exact) mass is 502 g/mol. The van der Waals surface area contributed by atoms with Crippen molar-refractivity contribution in [2.75, 3.05) is 26.2 Å². The molecule has 0 spiro atoms. The van der Waals surface area contributed by atoms with E-state index < -0.39 is 0 Å². The van der Waals surface area contributed by atoms with Crippen LogP contribution in [0.2, 0.25) is 0 Å². The van der Waals surface area contributed by atoms with E-state index in [2.05, 4.69) is 48.3 Å². The Labute approximate surface area is 186 Å². The Morgan fingerprint density at radius 1 is 1.25 bits per heavy atom. The van der Waals surface area contributed by atoms with Crippen molar-refractivity contribution >= 4 is 29.9 Å². The topological polar surface area (TPSA) is 70.6 Å². The number of guanidine groups is 1. The fourth-order valence-corrected chi connectivity index (χ4v) is 3.29. The molecule has 1 unspecified atom stereocenters. The van der Waals surface area contributed by atoms with Gasteiger partial charge >= 0.3 is 0 Å². The van der Waals surface area contributed by atoms with E-state index in [1.807, 2.05) is 30.8 Å². The highest BCUT2D eigenvalue weighted by atomic mass is 127. The van der Waals surface area contributed by atoms with Gasteiger partial charge in [-0.25, -0.2) is 4.99 Å². The van der Waals surface area contributed by atoms with Crippen LogP contribution in [0.3, 0.4) is 0 Å². The van der Waals surface area contributed by atoms with E-state index in [0.717, 1.165) is 49.3 Å². The third-order valence-corrected chi connectivity index (χ3v) is 4.99. The number of likely N-dealkylation sites (N-methyl/N-ethyl adjacent to an activating group) is 1. The van der Waals surface area contributed by atoms with Crippen molar-refractivity contribution < 1.29 is 4.42 Å². The fraction of sp³-hybridized carbons (Fsp3) is 0.600. The molecule has 0 saturated heterocycles. The molecule has 0 radical (unpaired) electrons. The van der Waals surface area contributed by atoms with E-state index >= 15 is 0 Å². The molecule has 2 heterocycles. The van der Waals surface area contributed by atoms with Crippen LogP contribution in [0.4, 0.5) is 0 Å². The van der Waals surface area contributed by atoms with Crippen molar-refractivity contribution in [1.29, 1.82) is 0 Å². The Bertz CT molecular complexity index is 721. The number of furan rings is 1. The molecule has 0 aliphatic carbocycles. The molecule has 2 aromatic heterocycles. The Morgan fingerprint density at radius 2 is 1.96 bits per heavy atom. The highest BCUT2D eigenvalue weighted by molar-refractivity contribution is 14.0. The van der Waals surface area contributed by atoms with Crippen LogP contribution in [0.1, 0.15) is 49.5 Å². The number of nitrogens with one attached hydrogen (secondary N) is 2. The van der Waals surface area contributed by atoms with Gasteiger partial charge in [-0.05, 0) is 46.0 Å². The maximum Gasteiger partial charge on any atom is 0.191 e. The van der Waals surface area contributed by atoms with Crippen LogP contribution in [-0.4, -0.2) is 46.8 Å². The molecule has 2 N–H and O–H groups in total. The van der Waals surface area contributed by atoms with Crippen molar-refractivity contribution in [3.8, 4) is 0 Å². The maximum atomic E-state index is 5.68. The summed E-state index contributed by atoms with van der Waals surface area (Å²) in [5, 5.41) is 11.3. The highest BCUT2D eigenvalue weighted by Gasteiger charge is 2.21. The summed E-state index contributed by atoms with van der Waals surface area (Å²) in [5.41, 5.74) is 3.37. The smallest absolute Gasteiger partial charge is 0.191 e. The summed E-state index contributed by atoms with van der Waals surface area (Å²) in [7, 11) is 1.97. The molecule has 0 saturated carbocycles. The summed E-state index contributed by atoms with van der Waals surface area (Å²) in [6, 6.07) is 4.15. The molecule has 0 bridgehead atoms. The molecule has 0 amide bonds. The number of aryl methyl sites for hydroxylation is 2. The minimum atomic E-state index is 0. The van der Waals surface area contributed by atoms with E-state index in [9.17, 15) is 0 Å². The lowest BCUT2D eigenvalue weighted by Gasteiger charge is -2.28. The lowest BCUT2D eigenvalue weighted by atomic mass is 10.2. The van der Waals surface area contributed by atoms with Crippen LogP contribution in [0, 0.1) is 13.8 Å². The van der Waals surface area contributed by atoms with Gasteiger partial charge in [0.05, 0.1) is 24.5 Å². The zero-order valence-electron chi connectivity index (χ0n) is 18.0. The average molecular weight is 502 g/mol. The quantitative estimate of drug-likeness (QED) is 0.313. The second-order valence-corrected chi connectivity index (χ2v) is 6.60. The minimum absolute atomic E-state index is 0. The first-order valence-corrected chi connectivity index (χ1v) is 9.80. The Hall–Kier alpha value is -1.55. The first-order valence-electron chi connectivity index (χ1n) is 9.80. The van der Waals surface area contributed by atoms with Crippen molar-refractivity contribution in [1.82, 2.24) is 25.3 Å². The molecular weight excluding hydrogens is 467 g/mol. The molecular formula is C20H35IN6O. The number of aromatic nitrogens is 2. The van der Waals surface area contributed by atoms with Crippen molar-refractivity contribution in [3.63, 3.8) is 0 Å². The summed E-state index contributed by atoms with van der Waals surface area (Å²) in [5.74, 6) is 1.78. The summed E-state index contributed by atoms with van der Waals surface area (Å²) in [6.07, 6.45) is 1.74. The number of hydrogen-bond donors (Lipinski definition) is 2. The van der Waals surface area contributed by atoms with E-state index in [0.29, 0.717) is 6.54 Å². The summed E-state index contributed by atoms with van der Waals surface area (Å²) in [4.78, 5) is 7.15. The van der Waals surface area contributed by atoms with Crippen molar-refractivity contribution in [2.24, 2.45) is 12.0 Å². The first kappa shape index (κ1) is 24.5. The third kappa shape index (κ3) is 6.23. The van der Waals surface area contributed by atoms with Crippen LogP contribution in [-0.2, 0) is 13.6 Å². The van der Waals surface area contributed by atoms with Gasteiger partial charge in [-0.3, -0.25) is 9.58 Å². The molecule has 0 aromatic carbocycles. The number of rotatable bonds is 9. The zero-order valence-corrected chi connectivity index (χ0v) is 20.3. The lowest BCUT2D eigenvalue weighted by molar-refractivity contribution is 0.193. The van der Waals surface area contributed by atoms with Crippen LogP contribution < -0.4 is 10.6 Å². The van der Waals surface area contributed by atoms with Gasteiger partial charge in [-0.2, -0.15) is 5.10 Å². The largest absolute Gasteiger partial charge is 0.468 e. The number of aliphatic imine (C=N–C) groups is 1. The molecule has 1 atom stereocenters. The average Bonchev–Trinajstić information content (AvgIpc) is 3.26. The van der Waals surface area contributed by atoms with Crippen molar-refractivity contribution in [3.05, 3.63) is 41.1 Å². The van der Waals surface area contributed by atoms with Gasteiger partial charge in [-0.15, -0.1) is 24.0 Å². The van der Waals surface area contributed by atoms with Crippen molar-refractivity contribution in [2.45, 2.75) is 47.2 Å². The SMILES string of the molecule is CCNC(=NCc1c(C)nn(C)c1C)NCC(c1ccco1)N(CC)CC.I. The van der Waals surface area contributed by atoms with E-state index in [4.69, 9.17) is 9.41 Å². The minimum Gasteiger partial charge on any atom is -0.468 e. The second kappa shape index (κ2) is 12.1. The molecule has 2 aromatic rings. The van der Waals surface area contributed by atoms with Gasteiger partial charge in [0.1, 0.15) is 5.76 Å². The fourth-order valence-electron chi connectivity index (χ4n) is 3.29. The second-order valence-electron chi connectivity index (χ2n) is 6.60.